The van der Waals surface area contributed by atoms with E-state index in [0.717, 1.165) is 25.7 Å². The maximum absolute atomic E-state index is 12.3. The van der Waals surface area contributed by atoms with Gasteiger partial charge in [0.25, 0.3) is 5.91 Å². The summed E-state index contributed by atoms with van der Waals surface area (Å²) < 4.78 is 0. The van der Waals surface area contributed by atoms with Crippen molar-refractivity contribution < 1.29 is 9.90 Å². The number of aliphatic hydroxyl groups excluding tert-OH is 1. The zero-order chi connectivity index (χ0) is 16.3. The third-order valence-corrected chi connectivity index (χ3v) is 5.41. The average Bonchev–Trinajstić information content (AvgIpc) is 3.07. The van der Waals surface area contributed by atoms with Crippen molar-refractivity contribution in [1.29, 1.82) is 0 Å². The van der Waals surface area contributed by atoms with Gasteiger partial charge in [-0.25, -0.2) is 15.0 Å². The Balaban J connectivity index is 1.64. The molecule has 1 fully saturated rings. The van der Waals surface area contributed by atoms with E-state index in [0.29, 0.717) is 22.3 Å². The van der Waals surface area contributed by atoms with Crippen molar-refractivity contribution in [2.45, 2.75) is 38.7 Å². The minimum atomic E-state index is -0.355. The third-order valence-electron chi connectivity index (χ3n) is 4.42. The highest BCUT2D eigenvalue weighted by atomic mass is 32.1. The molecule has 122 valence electrons. The van der Waals surface area contributed by atoms with Crippen molar-refractivity contribution in [1.82, 2.24) is 20.3 Å². The third kappa shape index (κ3) is 3.56. The molecule has 2 N–H and O–H groups in total. The largest absolute Gasteiger partial charge is 0.392 e. The summed E-state index contributed by atoms with van der Waals surface area (Å²) in [6, 6.07) is 1.74. The molecule has 1 saturated carbocycles. The fourth-order valence-corrected chi connectivity index (χ4v) is 3.63. The minimum absolute atomic E-state index is 0.163. The number of rotatable bonds is 4. The number of aromatic nitrogens is 3. The first-order valence-electron chi connectivity index (χ1n) is 7.78. The Morgan fingerprint density at radius 3 is 2.91 bits per heavy atom. The minimum Gasteiger partial charge on any atom is -0.392 e. The van der Waals surface area contributed by atoms with Crippen molar-refractivity contribution in [3.8, 4) is 10.8 Å². The Morgan fingerprint density at radius 1 is 1.39 bits per heavy atom. The zero-order valence-electron chi connectivity index (χ0n) is 13.0. The average molecular weight is 332 g/mol. The Morgan fingerprint density at radius 2 is 2.17 bits per heavy atom. The molecule has 2 atom stereocenters. The van der Waals surface area contributed by atoms with Crippen molar-refractivity contribution in [3.63, 3.8) is 0 Å². The second-order valence-corrected chi connectivity index (χ2v) is 7.23. The number of nitrogens with zero attached hydrogens (tertiary/aromatic N) is 3. The molecule has 2 aromatic heterocycles. The maximum atomic E-state index is 12.3. The van der Waals surface area contributed by atoms with Gasteiger partial charge in [0.05, 0.1) is 12.3 Å². The van der Waals surface area contributed by atoms with E-state index >= 15 is 0 Å². The number of hydrogen-bond acceptors (Lipinski definition) is 6. The van der Waals surface area contributed by atoms with Gasteiger partial charge in [0, 0.05) is 24.4 Å². The quantitative estimate of drug-likeness (QED) is 0.897. The Labute approximate surface area is 139 Å². The number of nitrogens with one attached hydrogen (secondary N) is 1. The van der Waals surface area contributed by atoms with Crippen molar-refractivity contribution in [2.24, 2.45) is 5.41 Å². The summed E-state index contributed by atoms with van der Waals surface area (Å²) in [6.07, 6.45) is 8.38. The fraction of sp³-hybridized carbons (Fsp3) is 0.500. The smallest absolute Gasteiger partial charge is 0.263 e. The second-order valence-electron chi connectivity index (χ2n) is 6.20. The molecule has 0 aliphatic heterocycles. The Kier molecular flexibility index (Phi) is 4.68. The molecule has 0 unspecified atom stereocenters. The number of amides is 1. The molecule has 0 spiro atoms. The SMILES string of the molecule is C[C@@]1(CNC(=O)c2cnc(-c3ncccn3)s2)CCCC[C@@H]1O. The summed E-state index contributed by atoms with van der Waals surface area (Å²) in [6.45, 7) is 2.51. The van der Waals surface area contributed by atoms with E-state index < -0.39 is 0 Å². The lowest BCUT2D eigenvalue weighted by Crippen LogP contribution is -2.45. The fourth-order valence-electron chi connectivity index (χ4n) is 2.85. The summed E-state index contributed by atoms with van der Waals surface area (Å²) in [5, 5.41) is 13.7. The molecule has 0 aromatic carbocycles. The van der Waals surface area contributed by atoms with Gasteiger partial charge in [-0.3, -0.25) is 4.79 Å². The molecular weight excluding hydrogens is 312 g/mol. The molecular formula is C16H20N4O2S. The van der Waals surface area contributed by atoms with Crippen molar-refractivity contribution in [2.75, 3.05) is 6.54 Å². The summed E-state index contributed by atoms with van der Waals surface area (Å²) in [5.74, 6) is 0.356. The molecule has 0 radical (unpaired) electrons. The molecule has 2 heterocycles. The Hall–Kier alpha value is -1.86. The van der Waals surface area contributed by atoms with Gasteiger partial charge in [-0.2, -0.15) is 0 Å². The van der Waals surface area contributed by atoms with E-state index in [1.807, 2.05) is 6.92 Å². The Bertz CT molecular complexity index is 676. The van der Waals surface area contributed by atoms with E-state index in [-0.39, 0.29) is 17.4 Å². The molecule has 6 nitrogen and oxygen atoms in total. The standard InChI is InChI=1S/C16H20N4O2S/c1-16(6-3-2-5-12(16)21)10-20-14(22)11-9-19-15(23-11)13-17-7-4-8-18-13/h4,7-9,12,21H,2-3,5-6,10H2,1H3,(H,20,22)/t12-,16-/m0/s1. The highest BCUT2D eigenvalue weighted by Gasteiger charge is 2.35. The first-order valence-corrected chi connectivity index (χ1v) is 8.60. The molecule has 23 heavy (non-hydrogen) atoms. The van der Waals surface area contributed by atoms with Crippen molar-refractivity contribution in [3.05, 3.63) is 29.5 Å². The lowest BCUT2D eigenvalue weighted by Gasteiger charge is -2.38. The first-order chi connectivity index (χ1) is 11.1. The molecule has 0 saturated heterocycles. The van der Waals surface area contributed by atoms with Crippen LogP contribution in [-0.4, -0.2) is 38.6 Å². The zero-order valence-corrected chi connectivity index (χ0v) is 13.8. The van der Waals surface area contributed by atoms with E-state index in [1.165, 1.54) is 11.3 Å². The topological polar surface area (TPSA) is 88.0 Å². The van der Waals surface area contributed by atoms with Crippen LogP contribution < -0.4 is 5.32 Å². The maximum Gasteiger partial charge on any atom is 0.263 e. The van der Waals surface area contributed by atoms with Crippen LogP contribution in [0, 0.1) is 5.41 Å². The highest BCUT2D eigenvalue weighted by Crippen LogP contribution is 2.35. The lowest BCUT2D eigenvalue weighted by atomic mass is 9.73. The summed E-state index contributed by atoms with van der Waals surface area (Å²) >= 11 is 1.27. The summed E-state index contributed by atoms with van der Waals surface area (Å²) in [4.78, 5) is 25.3. The molecule has 2 aromatic rings. The predicted octanol–water partition coefficient (Wildman–Crippen LogP) is 2.27. The second kappa shape index (κ2) is 6.72. The molecule has 1 amide bonds. The van der Waals surface area contributed by atoms with Crippen LogP contribution in [0.25, 0.3) is 10.8 Å². The van der Waals surface area contributed by atoms with Crippen LogP contribution in [0.2, 0.25) is 0 Å². The lowest BCUT2D eigenvalue weighted by molar-refractivity contribution is 0.00193. The van der Waals surface area contributed by atoms with Crippen LogP contribution in [0.4, 0.5) is 0 Å². The van der Waals surface area contributed by atoms with Crippen LogP contribution in [0.15, 0.2) is 24.7 Å². The molecule has 1 aliphatic rings. The van der Waals surface area contributed by atoms with Gasteiger partial charge < -0.3 is 10.4 Å². The summed E-state index contributed by atoms with van der Waals surface area (Å²) in [5.41, 5.74) is -0.246. The predicted molar refractivity (Wildman–Crippen MR) is 88.1 cm³/mol. The van der Waals surface area contributed by atoms with Gasteiger partial charge in [-0.05, 0) is 18.9 Å². The first kappa shape index (κ1) is 16.0. The van der Waals surface area contributed by atoms with Crippen LogP contribution in [0.1, 0.15) is 42.3 Å². The molecule has 0 bridgehead atoms. The van der Waals surface area contributed by atoms with E-state index in [4.69, 9.17) is 0 Å². The molecule has 3 rings (SSSR count). The van der Waals surface area contributed by atoms with Gasteiger partial charge in [-0.1, -0.05) is 19.8 Å². The van der Waals surface area contributed by atoms with Crippen LogP contribution in [0.5, 0.6) is 0 Å². The number of thiazole rings is 1. The normalized spacial score (nSPS) is 24.3. The highest BCUT2D eigenvalue weighted by molar-refractivity contribution is 7.16. The van der Waals surface area contributed by atoms with Crippen molar-refractivity contribution >= 4 is 17.2 Å². The monoisotopic (exact) mass is 332 g/mol. The summed E-state index contributed by atoms with van der Waals surface area (Å²) in [7, 11) is 0. The van der Waals surface area contributed by atoms with Gasteiger partial charge in [0.2, 0.25) is 0 Å². The van der Waals surface area contributed by atoms with Gasteiger partial charge >= 0.3 is 0 Å². The van der Waals surface area contributed by atoms with Gasteiger partial charge in [-0.15, -0.1) is 11.3 Å². The van der Waals surface area contributed by atoms with Gasteiger partial charge in [0.1, 0.15) is 4.88 Å². The number of hydrogen-bond donors (Lipinski definition) is 2. The molecule has 1 aliphatic carbocycles. The number of aliphatic hydroxyl groups is 1. The van der Waals surface area contributed by atoms with Crippen LogP contribution >= 0.6 is 11.3 Å². The number of carbonyl (C=O) groups is 1. The van der Waals surface area contributed by atoms with Crippen LogP contribution in [-0.2, 0) is 0 Å². The number of carbonyl (C=O) groups excluding carboxylic acids is 1. The van der Waals surface area contributed by atoms with Gasteiger partial charge in [0.15, 0.2) is 10.8 Å². The van der Waals surface area contributed by atoms with E-state index in [9.17, 15) is 9.90 Å². The van der Waals surface area contributed by atoms with E-state index in [2.05, 4.69) is 20.3 Å². The van der Waals surface area contributed by atoms with Crippen LogP contribution in [0.3, 0.4) is 0 Å². The van der Waals surface area contributed by atoms with E-state index in [1.54, 1.807) is 24.7 Å². The molecule has 7 heteroatoms.